The van der Waals surface area contributed by atoms with Gasteiger partial charge >= 0.3 is 0 Å². The minimum Gasteiger partial charge on any atom is -0.494 e. The first-order chi connectivity index (χ1) is 8.72. The van der Waals surface area contributed by atoms with Gasteiger partial charge in [-0.25, -0.2) is 4.39 Å². The fourth-order valence-electron chi connectivity index (χ4n) is 2.83. The van der Waals surface area contributed by atoms with Crippen molar-refractivity contribution in [2.45, 2.75) is 44.6 Å². The van der Waals surface area contributed by atoms with Crippen LogP contribution in [0, 0.1) is 11.7 Å². The Morgan fingerprint density at radius 3 is 2.44 bits per heavy atom. The molecular weight excluding hydrogens is 229 g/mol. The summed E-state index contributed by atoms with van der Waals surface area (Å²) in [5, 5.41) is 0. The zero-order valence-corrected chi connectivity index (χ0v) is 11.0. The third-order valence-electron chi connectivity index (χ3n) is 3.97. The maximum Gasteiger partial charge on any atom is 0.165 e. The maximum absolute atomic E-state index is 13.7. The molecule has 1 saturated carbocycles. The monoisotopic (exact) mass is 251 g/mol. The first-order valence-electron chi connectivity index (χ1n) is 6.81. The lowest BCUT2D eigenvalue weighted by Crippen LogP contribution is -2.21. The number of methoxy groups -OCH3 is 1. The van der Waals surface area contributed by atoms with Crippen molar-refractivity contribution in [2.24, 2.45) is 11.7 Å². The molecule has 18 heavy (non-hydrogen) atoms. The van der Waals surface area contributed by atoms with Crippen molar-refractivity contribution >= 4 is 0 Å². The smallest absolute Gasteiger partial charge is 0.165 e. The summed E-state index contributed by atoms with van der Waals surface area (Å²) >= 11 is 0. The number of ether oxygens (including phenoxy) is 1. The zero-order chi connectivity index (χ0) is 13.0. The van der Waals surface area contributed by atoms with Crippen LogP contribution in [-0.4, -0.2) is 7.11 Å². The van der Waals surface area contributed by atoms with Crippen molar-refractivity contribution < 1.29 is 9.13 Å². The Morgan fingerprint density at radius 2 is 1.89 bits per heavy atom. The molecule has 100 valence electrons. The summed E-state index contributed by atoms with van der Waals surface area (Å²) in [6.07, 6.45) is 7.43. The van der Waals surface area contributed by atoms with Gasteiger partial charge in [0.25, 0.3) is 0 Å². The largest absolute Gasteiger partial charge is 0.494 e. The standard InChI is InChI=1S/C15H22FNO/c1-18-14-9-8-12(10-13(14)16)15(17)11-6-4-2-3-5-7-11/h8-11,15H,2-7,17H2,1H3. The Kier molecular flexibility index (Phi) is 4.59. The van der Waals surface area contributed by atoms with Crippen LogP contribution in [-0.2, 0) is 0 Å². The fraction of sp³-hybridized carbons (Fsp3) is 0.600. The lowest BCUT2D eigenvalue weighted by Gasteiger charge is -2.23. The summed E-state index contributed by atoms with van der Waals surface area (Å²) in [7, 11) is 1.48. The van der Waals surface area contributed by atoms with Crippen LogP contribution in [0.15, 0.2) is 18.2 Å². The van der Waals surface area contributed by atoms with Gasteiger partial charge in [0.15, 0.2) is 11.6 Å². The highest BCUT2D eigenvalue weighted by Crippen LogP contribution is 2.33. The van der Waals surface area contributed by atoms with Crippen molar-refractivity contribution in [2.75, 3.05) is 7.11 Å². The van der Waals surface area contributed by atoms with E-state index in [1.807, 2.05) is 6.07 Å². The number of halogens is 1. The maximum atomic E-state index is 13.7. The molecule has 0 radical (unpaired) electrons. The summed E-state index contributed by atoms with van der Waals surface area (Å²) in [5.74, 6) is 0.450. The summed E-state index contributed by atoms with van der Waals surface area (Å²) in [6, 6.07) is 5.02. The van der Waals surface area contributed by atoms with E-state index in [0.717, 1.165) is 18.4 Å². The molecule has 0 heterocycles. The molecule has 2 rings (SSSR count). The second-order valence-electron chi connectivity index (χ2n) is 5.17. The molecule has 1 aromatic rings. The van der Waals surface area contributed by atoms with Gasteiger partial charge in [-0.1, -0.05) is 31.7 Å². The minimum absolute atomic E-state index is 0.0523. The molecule has 0 aliphatic heterocycles. The van der Waals surface area contributed by atoms with Crippen LogP contribution in [0.1, 0.15) is 50.1 Å². The van der Waals surface area contributed by atoms with Crippen LogP contribution in [0.25, 0.3) is 0 Å². The molecule has 1 aromatic carbocycles. The normalized spacial score (nSPS) is 19.3. The van der Waals surface area contributed by atoms with Gasteiger partial charge in [-0.05, 0) is 36.5 Å². The minimum atomic E-state index is -0.320. The molecule has 1 fully saturated rings. The number of hydrogen-bond donors (Lipinski definition) is 1. The summed E-state index contributed by atoms with van der Waals surface area (Å²) in [4.78, 5) is 0. The predicted octanol–water partition coefficient (Wildman–Crippen LogP) is 3.80. The molecule has 1 aliphatic carbocycles. The van der Waals surface area contributed by atoms with Gasteiger partial charge < -0.3 is 10.5 Å². The van der Waals surface area contributed by atoms with Crippen molar-refractivity contribution in [1.29, 1.82) is 0 Å². The average molecular weight is 251 g/mol. The van der Waals surface area contributed by atoms with Gasteiger partial charge in [0.1, 0.15) is 0 Å². The molecule has 1 aliphatic rings. The van der Waals surface area contributed by atoms with Crippen LogP contribution in [0.4, 0.5) is 4.39 Å². The highest BCUT2D eigenvalue weighted by Gasteiger charge is 2.21. The van der Waals surface area contributed by atoms with Gasteiger partial charge in [0, 0.05) is 6.04 Å². The van der Waals surface area contributed by atoms with Crippen LogP contribution < -0.4 is 10.5 Å². The van der Waals surface area contributed by atoms with E-state index in [0.29, 0.717) is 5.92 Å². The van der Waals surface area contributed by atoms with Crippen molar-refractivity contribution in [3.05, 3.63) is 29.6 Å². The van der Waals surface area contributed by atoms with Gasteiger partial charge in [0.2, 0.25) is 0 Å². The van der Waals surface area contributed by atoms with E-state index in [9.17, 15) is 4.39 Å². The zero-order valence-electron chi connectivity index (χ0n) is 11.0. The highest BCUT2D eigenvalue weighted by molar-refractivity contribution is 5.31. The van der Waals surface area contributed by atoms with Crippen LogP contribution in [0.5, 0.6) is 5.75 Å². The molecular formula is C15H22FNO. The van der Waals surface area contributed by atoms with Gasteiger partial charge in [-0.15, -0.1) is 0 Å². The Morgan fingerprint density at radius 1 is 1.22 bits per heavy atom. The molecule has 0 bridgehead atoms. The second-order valence-corrected chi connectivity index (χ2v) is 5.17. The summed E-state index contributed by atoms with van der Waals surface area (Å²) in [5.41, 5.74) is 7.18. The third kappa shape index (κ3) is 3.02. The molecule has 2 nitrogen and oxygen atoms in total. The van der Waals surface area contributed by atoms with E-state index in [2.05, 4.69) is 0 Å². The third-order valence-corrected chi connectivity index (χ3v) is 3.97. The summed E-state index contributed by atoms with van der Waals surface area (Å²) < 4.78 is 18.6. The summed E-state index contributed by atoms with van der Waals surface area (Å²) in [6.45, 7) is 0. The van der Waals surface area contributed by atoms with E-state index in [-0.39, 0.29) is 17.6 Å². The highest BCUT2D eigenvalue weighted by atomic mass is 19.1. The van der Waals surface area contributed by atoms with Crippen LogP contribution in [0.2, 0.25) is 0 Å². The molecule has 0 spiro atoms. The van der Waals surface area contributed by atoms with Gasteiger partial charge in [0.05, 0.1) is 7.11 Å². The topological polar surface area (TPSA) is 35.2 Å². The number of benzene rings is 1. The molecule has 3 heteroatoms. The fourth-order valence-corrected chi connectivity index (χ4v) is 2.83. The SMILES string of the molecule is COc1ccc(C(N)C2CCCCCC2)cc1F. The predicted molar refractivity (Wildman–Crippen MR) is 71.1 cm³/mol. The molecule has 0 amide bonds. The van der Waals surface area contributed by atoms with Crippen molar-refractivity contribution in [1.82, 2.24) is 0 Å². The Bertz CT molecular complexity index is 386. The van der Waals surface area contributed by atoms with Gasteiger partial charge in [-0.3, -0.25) is 0 Å². The van der Waals surface area contributed by atoms with E-state index < -0.39 is 0 Å². The molecule has 0 aromatic heterocycles. The van der Waals surface area contributed by atoms with Crippen molar-refractivity contribution in [3.8, 4) is 5.75 Å². The lowest BCUT2D eigenvalue weighted by atomic mass is 9.88. The molecule has 0 saturated heterocycles. The first kappa shape index (κ1) is 13.3. The number of rotatable bonds is 3. The lowest BCUT2D eigenvalue weighted by molar-refractivity contribution is 0.373. The van der Waals surface area contributed by atoms with Crippen LogP contribution >= 0.6 is 0 Å². The van der Waals surface area contributed by atoms with E-state index in [4.69, 9.17) is 10.5 Å². The van der Waals surface area contributed by atoms with E-state index in [1.54, 1.807) is 6.07 Å². The number of nitrogens with two attached hydrogens (primary N) is 1. The molecule has 2 N–H and O–H groups in total. The quantitative estimate of drug-likeness (QED) is 0.829. The van der Waals surface area contributed by atoms with Gasteiger partial charge in [-0.2, -0.15) is 0 Å². The van der Waals surface area contributed by atoms with Crippen LogP contribution in [0.3, 0.4) is 0 Å². The second kappa shape index (κ2) is 6.19. The number of hydrogen-bond acceptors (Lipinski definition) is 2. The Labute approximate surface area is 108 Å². The average Bonchev–Trinajstić information content (AvgIpc) is 2.66. The molecule has 1 unspecified atom stereocenters. The van der Waals surface area contributed by atoms with Crippen molar-refractivity contribution in [3.63, 3.8) is 0 Å². The van der Waals surface area contributed by atoms with E-state index >= 15 is 0 Å². The molecule has 1 atom stereocenters. The first-order valence-corrected chi connectivity index (χ1v) is 6.81. The van der Waals surface area contributed by atoms with E-state index in [1.165, 1.54) is 38.9 Å². The Hall–Kier alpha value is -1.09. The Balaban J connectivity index is 2.11.